The van der Waals surface area contributed by atoms with E-state index in [0.717, 1.165) is 24.8 Å². The number of thiocarbonyl (C=S) groups is 1. The molecule has 28 heavy (non-hydrogen) atoms. The number of hydrogen-bond donors (Lipinski definition) is 1. The molecule has 2 atom stereocenters. The normalized spacial score (nSPS) is 13.4. The third kappa shape index (κ3) is 10.5. The number of halogens is 2. The average Bonchev–Trinajstić information content (AvgIpc) is 2.67. The molecule has 1 aromatic rings. The van der Waals surface area contributed by atoms with Gasteiger partial charge in [-0.15, -0.1) is 23.2 Å². The quantitative estimate of drug-likeness (QED) is 0.158. The summed E-state index contributed by atoms with van der Waals surface area (Å²) in [7, 11) is 0. The lowest BCUT2D eigenvalue weighted by Crippen LogP contribution is -2.17. The van der Waals surface area contributed by atoms with Crippen molar-refractivity contribution >= 4 is 40.4 Å². The van der Waals surface area contributed by atoms with E-state index in [-0.39, 0.29) is 10.8 Å². The molecule has 1 rings (SSSR count). The van der Waals surface area contributed by atoms with Crippen LogP contribution in [0, 0.1) is 6.92 Å². The predicted octanol–water partition coefficient (Wildman–Crippen LogP) is 8.09. The number of benzene rings is 1. The van der Waals surface area contributed by atoms with Crippen molar-refractivity contribution in [1.29, 1.82) is 0 Å². The molecule has 0 spiro atoms. The highest BCUT2D eigenvalue weighted by Crippen LogP contribution is 2.24. The molecule has 0 aliphatic carbocycles. The summed E-state index contributed by atoms with van der Waals surface area (Å²) in [5.41, 5.74) is 9.19. The summed E-state index contributed by atoms with van der Waals surface area (Å²) in [5.74, 6) is 0. The Balaban J connectivity index is 2.16. The Hall–Kier alpha value is -0.310. The second-order valence-corrected chi connectivity index (χ2v) is 9.56. The molecule has 0 amide bonds. The smallest absolute Gasteiger partial charge is 0.104 e. The van der Waals surface area contributed by atoms with Crippen molar-refractivity contribution in [3.63, 3.8) is 0 Å². The fourth-order valence-corrected chi connectivity index (χ4v) is 4.44. The van der Waals surface area contributed by atoms with Gasteiger partial charge in [0.05, 0.1) is 5.38 Å². The van der Waals surface area contributed by atoms with Gasteiger partial charge in [-0.1, -0.05) is 102 Å². The zero-order valence-electron chi connectivity index (χ0n) is 17.8. The molecule has 4 heteroatoms. The van der Waals surface area contributed by atoms with E-state index in [9.17, 15) is 0 Å². The zero-order valence-corrected chi connectivity index (χ0v) is 20.1. The largest absolute Gasteiger partial charge is 0.389 e. The van der Waals surface area contributed by atoms with E-state index >= 15 is 0 Å². The number of unbranched alkanes of at least 4 members (excludes halogenated alkanes) is 9. The second-order valence-electron chi connectivity index (χ2n) is 8.00. The van der Waals surface area contributed by atoms with Crippen molar-refractivity contribution in [2.24, 2.45) is 5.73 Å². The third-order valence-corrected chi connectivity index (χ3v) is 7.02. The molecule has 0 radical (unpaired) electrons. The first-order valence-electron chi connectivity index (χ1n) is 11.1. The van der Waals surface area contributed by atoms with Crippen LogP contribution in [0.5, 0.6) is 0 Å². The Morgan fingerprint density at radius 1 is 0.893 bits per heavy atom. The number of alkyl halides is 2. The van der Waals surface area contributed by atoms with Gasteiger partial charge in [-0.2, -0.15) is 0 Å². The summed E-state index contributed by atoms with van der Waals surface area (Å²) in [6, 6.07) is 6.13. The first-order valence-corrected chi connectivity index (χ1v) is 12.4. The summed E-state index contributed by atoms with van der Waals surface area (Å²) < 4.78 is 0. The van der Waals surface area contributed by atoms with Crippen LogP contribution in [0.2, 0.25) is 0 Å². The minimum absolute atomic E-state index is 0.00752. The van der Waals surface area contributed by atoms with Crippen LogP contribution in [-0.2, 0) is 6.42 Å². The van der Waals surface area contributed by atoms with Gasteiger partial charge in [0.15, 0.2) is 0 Å². The summed E-state index contributed by atoms with van der Waals surface area (Å²) in [5, 5.41) is 0.0582. The van der Waals surface area contributed by atoms with Crippen LogP contribution >= 0.6 is 35.4 Å². The molecule has 0 aliphatic heterocycles. The van der Waals surface area contributed by atoms with Gasteiger partial charge >= 0.3 is 0 Å². The number of nitrogens with two attached hydrogens (primary N) is 1. The van der Waals surface area contributed by atoms with Gasteiger partial charge in [-0.05, 0) is 37.3 Å². The van der Waals surface area contributed by atoms with E-state index < -0.39 is 0 Å². The first kappa shape index (κ1) is 25.7. The fourth-order valence-electron chi connectivity index (χ4n) is 3.70. The SMILES string of the molecule is CCCCCCCCCCCCC(Cl)C(Cl)CCc1cccc(C(N)=S)c1C. The van der Waals surface area contributed by atoms with Crippen LogP contribution in [0.4, 0.5) is 0 Å². The minimum Gasteiger partial charge on any atom is -0.389 e. The Kier molecular flexibility index (Phi) is 14.3. The average molecular weight is 445 g/mol. The summed E-state index contributed by atoms with van der Waals surface area (Å²) >= 11 is 18.3. The Morgan fingerprint density at radius 2 is 1.43 bits per heavy atom. The molecule has 0 aromatic heterocycles. The minimum atomic E-state index is 0.00752. The van der Waals surface area contributed by atoms with Gasteiger partial charge in [0.2, 0.25) is 0 Å². The van der Waals surface area contributed by atoms with Gasteiger partial charge in [-0.25, -0.2) is 0 Å². The Morgan fingerprint density at radius 3 is 2.00 bits per heavy atom. The van der Waals surface area contributed by atoms with Crippen molar-refractivity contribution in [1.82, 2.24) is 0 Å². The lowest BCUT2D eigenvalue weighted by atomic mass is 9.97. The van der Waals surface area contributed by atoms with Crippen molar-refractivity contribution in [3.05, 3.63) is 34.9 Å². The Bertz CT molecular complexity index is 562. The van der Waals surface area contributed by atoms with Crippen molar-refractivity contribution in [2.75, 3.05) is 0 Å². The summed E-state index contributed by atoms with van der Waals surface area (Å²) in [6.07, 6.45) is 16.3. The second kappa shape index (κ2) is 15.5. The number of aryl methyl sites for hydroxylation is 1. The van der Waals surface area contributed by atoms with Crippen LogP contribution in [0.15, 0.2) is 18.2 Å². The van der Waals surface area contributed by atoms with Crippen molar-refractivity contribution < 1.29 is 0 Å². The number of rotatable bonds is 16. The molecule has 1 aromatic carbocycles. The van der Waals surface area contributed by atoms with Gasteiger partial charge in [0.25, 0.3) is 0 Å². The van der Waals surface area contributed by atoms with E-state index in [0.29, 0.717) is 4.99 Å². The lowest BCUT2D eigenvalue weighted by molar-refractivity contribution is 0.539. The standard InChI is InChI=1S/C24H39Cl2NS/c1-3-4-5-6-7-8-9-10-11-12-16-22(25)23(26)18-17-20-14-13-15-21(19(20)2)24(27)28/h13-15,22-23H,3-12,16-18H2,1-2H3,(H2,27,28). The molecule has 0 saturated carbocycles. The maximum atomic E-state index is 6.58. The van der Waals surface area contributed by atoms with Gasteiger partial charge in [0, 0.05) is 10.9 Å². The van der Waals surface area contributed by atoms with E-state index in [1.54, 1.807) is 0 Å². The molecular formula is C24H39Cl2NS. The molecule has 0 bridgehead atoms. The molecule has 0 fully saturated rings. The van der Waals surface area contributed by atoms with E-state index in [1.807, 2.05) is 12.1 Å². The highest BCUT2D eigenvalue weighted by Gasteiger charge is 2.17. The molecular weight excluding hydrogens is 405 g/mol. The van der Waals surface area contributed by atoms with E-state index in [4.69, 9.17) is 41.2 Å². The van der Waals surface area contributed by atoms with Crippen LogP contribution in [0.3, 0.4) is 0 Å². The molecule has 1 nitrogen and oxygen atoms in total. The van der Waals surface area contributed by atoms with Crippen molar-refractivity contribution in [3.8, 4) is 0 Å². The monoisotopic (exact) mass is 443 g/mol. The fraction of sp³-hybridized carbons (Fsp3) is 0.708. The van der Waals surface area contributed by atoms with Crippen LogP contribution in [0.1, 0.15) is 101 Å². The van der Waals surface area contributed by atoms with E-state index in [2.05, 4.69) is 19.9 Å². The Labute approximate surface area is 188 Å². The maximum absolute atomic E-state index is 6.58. The first-order chi connectivity index (χ1) is 13.5. The molecule has 2 N–H and O–H groups in total. The van der Waals surface area contributed by atoms with Crippen LogP contribution in [-0.4, -0.2) is 15.7 Å². The molecule has 2 unspecified atom stereocenters. The predicted molar refractivity (Wildman–Crippen MR) is 131 cm³/mol. The molecule has 0 saturated heterocycles. The summed E-state index contributed by atoms with van der Waals surface area (Å²) in [4.78, 5) is 0.456. The summed E-state index contributed by atoms with van der Waals surface area (Å²) in [6.45, 7) is 4.35. The maximum Gasteiger partial charge on any atom is 0.104 e. The zero-order chi connectivity index (χ0) is 20.8. The van der Waals surface area contributed by atoms with E-state index in [1.165, 1.54) is 75.3 Å². The third-order valence-electron chi connectivity index (χ3n) is 5.63. The highest BCUT2D eigenvalue weighted by molar-refractivity contribution is 7.80. The van der Waals surface area contributed by atoms with Crippen LogP contribution in [0.25, 0.3) is 0 Å². The number of hydrogen-bond acceptors (Lipinski definition) is 1. The molecule has 160 valence electrons. The molecule has 0 heterocycles. The lowest BCUT2D eigenvalue weighted by Gasteiger charge is -2.17. The van der Waals surface area contributed by atoms with Crippen molar-refractivity contribution in [2.45, 2.75) is 108 Å². The van der Waals surface area contributed by atoms with Gasteiger partial charge in [0.1, 0.15) is 4.99 Å². The van der Waals surface area contributed by atoms with Gasteiger partial charge in [-0.3, -0.25) is 0 Å². The van der Waals surface area contributed by atoms with Gasteiger partial charge < -0.3 is 5.73 Å². The van der Waals surface area contributed by atoms with Crippen LogP contribution < -0.4 is 5.73 Å². The topological polar surface area (TPSA) is 26.0 Å². The highest BCUT2D eigenvalue weighted by atomic mass is 35.5. The molecule has 0 aliphatic rings.